The van der Waals surface area contributed by atoms with Gasteiger partial charge in [0.25, 0.3) is 0 Å². The third kappa shape index (κ3) is 2.31. The highest BCUT2D eigenvalue weighted by atomic mass is 33.1. The third-order valence-corrected chi connectivity index (χ3v) is 2.85. The molecule has 0 saturated heterocycles. The lowest BCUT2D eigenvalue weighted by Crippen LogP contribution is -1.86. The fourth-order valence-corrected chi connectivity index (χ4v) is 2.06. The van der Waals surface area contributed by atoms with Gasteiger partial charge in [0.1, 0.15) is 5.82 Å². The van der Waals surface area contributed by atoms with Crippen molar-refractivity contribution in [3.8, 4) is 0 Å². The van der Waals surface area contributed by atoms with Gasteiger partial charge >= 0.3 is 0 Å². The lowest BCUT2D eigenvalue weighted by Gasteiger charge is -1.99. The van der Waals surface area contributed by atoms with Gasteiger partial charge < -0.3 is 5.73 Å². The van der Waals surface area contributed by atoms with Crippen LogP contribution in [-0.4, -0.2) is 6.26 Å². The van der Waals surface area contributed by atoms with Gasteiger partial charge in [-0.05, 0) is 24.5 Å². The minimum atomic E-state index is -0.246. The summed E-state index contributed by atoms with van der Waals surface area (Å²) in [6.07, 6.45) is 1.90. The van der Waals surface area contributed by atoms with Crippen molar-refractivity contribution < 1.29 is 4.39 Å². The summed E-state index contributed by atoms with van der Waals surface area (Å²) in [5.41, 5.74) is 5.83. The van der Waals surface area contributed by atoms with Crippen molar-refractivity contribution in [2.45, 2.75) is 4.90 Å². The summed E-state index contributed by atoms with van der Waals surface area (Å²) < 4.78 is 12.9. The zero-order valence-electron chi connectivity index (χ0n) is 6.00. The molecule has 11 heavy (non-hydrogen) atoms. The molecule has 0 fully saturated rings. The Hall–Kier alpha value is -0.350. The number of hydrogen-bond acceptors (Lipinski definition) is 3. The van der Waals surface area contributed by atoms with Gasteiger partial charge in [-0.1, -0.05) is 21.6 Å². The molecule has 1 rings (SSSR count). The Kier molecular flexibility index (Phi) is 3.08. The number of halogens is 1. The van der Waals surface area contributed by atoms with Gasteiger partial charge in [-0.15, -0.1) is 0 Å². The zero-order chi connectivity index (χ0) is 8.27. The van der Waals surface area contributed by atoms with Crippen LogP contribution in [0.3, 0.4) is 0 Å². The minimum absolute atomic E-state index is 0.246. The quantitative estimate of drug-likeness (QED) is 0.572. The van der Waals surface area contributed by atoms with Gasteiger partial charge in [-0.25, -0.2) is 4.39 Å². The van der Waals surface area contributed by atoms with Crippen LogP contribution in [0.15, 0.2) is 23.1 Å². The van der Waals surface area contributed by atoms with E-state index in [0.717, 1.165) is 0 Å². The monoisotopic (exact) mass is 189 g/mol. The van der Waals surface area contributed by atoms with E-state index in [1.807, 2.05) is 6.26 Å². The molecule has 60 valence electrons. The largest absolute Gasteiger partial charge is 0.399 e. The first kappa shape index (κ1) is 8.74. The Morgan fingerprint density at radius 2 is 2.18 bits per heavy atom. The summed E-state index contributed by atoms with van der Waals surface area (Å²) in [4.78, 5) is 0.631. The highest BCUT2D eigenvalue weighted by Crippen LogP contribution is 2.31. The molecule has 0 unspecified atom stereocenters. The maximum Gasteiger partial charge on any atom is 0.139 e. The predicted molar refractivity (Wildman–Crippen MR) is 50.2 cm³/mol. The molecule has 0 heterocycles. The van der Waals surface area contributed by atoms with E-state index in [1.54, 1.807) is 12.1 Å². The van der Waals surface area contributed by atoms with Crippen LogP contribution < -0.4 is 5.73 Å². The summed E-state index contributed by atoms with van der Waals surface area (Å²) in [5.74, 6) is -0.246. The first-order valence-corrected chi connectivity index (χ1v) is 5.55. The number of nitrogens with two attached hydrogens (primary N) is 1. The first-order chi connectivity index (χ1) is 5.24. The second-order valence-electron chi connectivity index (χ2n) is 1.94. The molecule has 0 bridgehead atoms. The van der Waals surface area contributed by atoms with Crippen molar-refractivity contribution in [3.05, 3.63) is 24.0 Å². The Balaban J connectivity index is 2.90. The Morgan fingerprint density at radius 1 is 1.45 bits per heavy atom. The van der Waals surface area contributed by atoms with E-state index in [1.165, 1.54) is 27.7 Å². The highest BCUT2D eigenvalue weighted by molar-refractivity contribution is 8.76. The normalized spacial score (nSPS) is 10.0. The Labute approximate surface area is 72.9 Å². The van der Waals surface area contributed by atoms with Gasteiger partial charge in [0.2, 0.25) is 0 Å². The van der Waals surface area contributed by atoms with Crippen LogP contribution in [0, 0.1) is 5.82 Å². The molecule has 1 nitrogen and oxygen atoms in total. The van der Waals surface area contributed by atoms with E-state index >= 15 is 0 Å². The van der Waals surface area contributed by atoms with E-state index in [0.29, 0.717) is 10.6 Å². The van der Waals surface area contributed by atoms with E-state index < -0.39 is 0 Å². The molecular formula is C7H8FNS2. The molecule has 1 aromatic rings. The highest BCUT2D eigenvalue weighted by Gasteiger charge is 2.00. The van der Waals surface area contributed by atoms with Crippen molar-refractivity contribution in [1.29, 1.82) is 0 Å². The smallest absolute Gasteiger partial charge is 0.139 e. The standard InChI is InChI=1S/C7H8FNS2/c1-10-11-7-3-2-5(9)4-6(7)8/h2-4H,9H2,1H3. The fourth-order valence-electron chi connectivity index (χ4n) is 0.674. The lowest BCUT2D eigenvalue weighted by molar-refractivity contribution is 0.603. The fraction of sp³-hybridized carbons (Fsp3) is 0.143. The van der Waals surface area contributed by atoms with Gasteiger partial charge in [0, 0.05) is 5.69 Å². The first-order valence-electron chi connectivity index (χ1n) is 2.99. The Morgan fingerprint density at radius 3 is 2.73 bits per heavy atom. The van der Waals surface area contributed by atoms with Gasteiger partial charge in [-0.3, -0.25) is 0 Å². The lowest BCUT2D eigenvalue weighted by atomic mass is 10.3. The molecule has 0 radical (unpaired) electrons. The van der Waals surface area contributed by atoms with E-state index in [9.17, 15) is 4.39 Å². The second kappa shape index (κ2) is 3.88. The maximum absolute atomic E-state index is 12.9. The van der Waals surface area contributed by atoms with Crippen molar-refractivity contribution in [2.75, 3.05) is 12.0 Å². The molecule has 4 heteroatoms. The molecule has 0 spiro atoms. The number of hydrogen-bond donors (Lipinski definition) is 1. The van der Waals surface area contributed by atoms with Gasteiger partial charge in [0.05, 0.1) is 4.90 Å². The SMILES string of the molecule is CSSc1ccc(N)cc1F. The van der Waals surface area contributed by atoms with Crippen molar-refractivity contribution in [2.24, 2.45) is 0 Å². The topological polar surface area (TPSA) is 26.0 Å². The Bertz CT molecular complexity index is 252. The van der Waals surface area contributed by atoms with Crippen LogP contribution in [0.25, 0.3) is 0 Å². The molecule has 0 aliphatic heterocycles. The summed E-state index contributed by atoms with van der Waals surface area (Å²) in [7, 11) is 2.91. The second-order valence-corrected chi connectivity index (χ2v) is 4.38. The number of nitrogen functional groups attached to an aromatic ring is 1. The molecule has 0 amide bonds. The van der Waals surface area contributed by atoms with Gasteiger partial charge in [-0.2, -0.15) is 0 Å². The molecule has 0 aliphatic rings. The molecule has 0 aromatic heterocycles. The third-order valence-electron chi connectivity index (χ3n) is 1.13. The minimum Gasteiger partial charge on any atom is -0.399 e. The molecule has 2 N–H and O–H groups in total. The van der Waals surface area contributed by atoms with Crippen LogP contribution in [0.4, 0.5) is 10.1 Å². The van der Waals surface area contributed by atoms with Crippen LogP contribution in [0.1, 0.15) is 0 Å². The average molecular weight is 189 g/mol. The van der Waals surface area contributed by atoms with E-state index in [4.69, 9.17) is 5.73 Å². The molecule has 1 aromatic carbocycles. The number of rotatable bonds is 2. The van der Waals surface area contributed by atoms with Crippen molar-refractivity contribution in [1.82, 2.24) is 0 Å². The zero-order valence-corrected chi connectivity index (χ0v) is 7.64. The summed E-state index contributed by atoms with van der Waals surface area (Å²) in [5, 5.41) is 0. The predicted octanol–water partition coefficient (Wildman–Crippen LogP) is 2.78. The molecular weight excluding hydrogens is 181 g/mol. The van der Waals surface area contributed by atoms with Crippen LogP contribution >= 0.6 is 21.6 Å². The average Bonchev–Trinajstić information content (AvgIpc) is 1.95. The van der Waals surface area contributed by atoms with Crippen LogP contribution in [0.5, 0.6) is 0 Å². The summed E-state index contributed by atoms with van der Waals surface area (Å²) in [6, 6.07) is 4.71. The summed E-state index contributed by atoms with van der Waals surface area (Å²) >= 11 is 0. The van der Waals surface area contributed by atoms with Crippen molar-refractivity contribution >= 4 is 27.3 Å². The maximum atomic E-state index is 12.9. The van der Waals surface area contributed by atoms with Crippen LogP contribution in [-0.2, 0) is 0 Å². The number of benzene rings is 1. The molecule has 0 atom stereocenters. The number of anilines is 1. The molecule has 0 aliphatic carbocycles. The van der Waals surface area contributed by atoms with Crippen LogP contribution in [0.2, 0.25) is 0 Å². The molecule has 0 saturated carbocycles. The van der Waals surface area contributed by atoms with E-state index in [-0.39, 0.29) is 5.82 Å². The summed E-state index contributed by atoms with van der Waals surface area (Å²) in [6.45, 7) is 0. The van der Waals surface area contributed by atoms with Crippen molar-refractivity contribution in [3.63, 3.8) is 0 Å². The van der Waals surface area contributed by atoms with E-state index in [2.05, 4.69) is 0 Å². The van der Waals surface area contributed by atoms with Gasteiger partial charge in [0.15, 0.2) is 0 Å².